The molecule has 0 spiro atoms. The number of sulfonamides is 1. The molecule has 0 aliphatic carbocycles. The number of benzene rings is 1. The Morgan fingerprint density at radius 2 is 1.94 bits per heavy atom. The summed E-state index contributed by atoms with van der Waals surface area (Å²) < 4.78 is 29.9. The van der Waals surface area contributed by atoms with Gasteiger partial charge in [-0.3, -0.25) is 0 Å². The van der Waals surface area contributed by atoms with E-state index in [-0.39, 0.29) is 5.75 Å². The van der Waals surface area contributed by atoms with E-state index in [1.54, 1.807) is 20.0 Å². The molecule has 1 rings (SSSR count). The summed E-state index contributed by atoms with van der Waals surface area (Å²) in [4.78, 5) is 0. The summed E-state index contributed by atoms with van der Waals surface area (Å²) in [7, 11) is -1.55. The molecule has 0 heterocycles. The van der Waals surface area contributed by atoms with Gasteiger partial charge in [-0.1, -0.05) is 24.8 Å². The Labute approximate surface area is 109 Å². The minimum absolute atomic E-state index is 0.115. The van der Waals surface area contributed by atoms with Crippen LogP contribution in [0.1, 0.15) is 12.5 Å². The van der Waals surface area contributed by atoms with Crippen molar-refractivity contribution >= 4 is 10.0 Å². The third-order valence-electron chi connectivity index (χ3n) is 2.54. The van der Waals surface area contributed by atoms with Gasteiger partial charge in [0, 0.05) is 13.6 Å². The van der Waals surface area contributed by atoms with Crippen molar-refractivity contribution in [3.63, 3.8) is 0 Å². The van der Waals surface area contributed by atoms with Crippen LogP contribution in [0.25, 0.3) is 0 Å². The third-order valence-corrected chi connectivity index (χ3v) is 4.34. The van der Waals surface area contributed by atoms with Crippen molar-refractivity contribution in [1.82, 2.24) is 4.31 Å². The van der Waals surface area contributed by atoms with Gasteiger partial charge in [-0.05, 0) is 24.6 Å². The molecule has 0 unspecified atom stereocenters. The van der Waals surface area contributed by atoms with Crippen molar-refractivity contribution in [3.05, 3.63) is 42.5 Å². The minimum Gasteiger partial charge on any atom is -0.490 e. The molecule has 0 aromatic heterocycles. The molecule has 0 amide bonds. The zero-order valence-electron chi connectivity index (χ0n) is 10.8. The van der Waals surface area contributed by atoms with Crippen LogP contribution in [0, 0.1) is 0 Å². The molecule has 0 saturated heterocycles. The van der Waals surface area contributed by atoms with E-state index in [0.717, 1.165) is 11.3 Å². The number of hydrogen-bond donors (Lipinski definition) is 0. The average molecular weight is 269 g/mol. The first-order chi connectivity index (χ1) is 8.49. The van der Waals surface area contributed by atoms with E-state index < -0.39 is 10.0 Å². The van der Waals surface area contributed by atoms with E-state index in [2.05, 4.69) is 6.58 Å². The Kier molecular flexibility index (Phi) is 5.37. The van der Waals surface area contributed by atoms with Gasteiger partial charge in [-0.25, -0.2) is 12.7 Å². The molecule has 0 fully saturated rings. The van der Waals surface area contributed by atoms with Crippen molar-refractivity contribution in [2.24, 2.45) is 0 Å². The second-order valence-corrected chi connectivity index (χ2v) is 6.26. The molecule has 0 atom stereocenters. The Morgan fingerprint density at radius 1 is 1.33 bits per heavy atom. The number of hydrogen-bond acceptors (Lipinski definition) is 3. The first-order valence-corrected chi connectivity index (χ1v) is 7.37. The highest BCUT2D eigenvalue weighted by Gasteiger charge is 2.14. The van der Waals surface area contributed by atoms with Gasteiger partial charge in [0.1, 0.15) is 12.4 Å². The van der Waals surface area contributed by atoms with Crippen LogP contribution in [-0.2, 0) is 16.6 Å². The van der Waals surface area contributed by atoms with Gasteiger partial charge in [-0.15, -0.1) is 0 Å². The lowest BCUT2D eigenvalue weighted by Gasteiger charge is -2.16. The van der Waals surface area contributed by atoms with Crippen molar-refractivity contribution < 1.29 is 13.2 Å². The second kappa shape index (κ2) is 6.56. The Balaban J connectivity index is 2.66. The lowest BCUT2D eigenvalue weighted by atomic mass is 10.2. The molecular formula is C13H19NO3S. The Hall–Kier alpha value is -1.33. The predicted octanol–water partition coefficient (Wildman–Crippen LogP) is 2.03. The first kappa shape index (κ1) is 14.7. The number of rotatable bonds is 7. The van der Waals surface area contributed by atoms with Crippen molar-refractivity contribution in [1.29, 1.82) is 0 Å². The molecule has 0 bridgehead atoms. The third kappa shape index (κ3) is 4.16. The summed E-state index contributed by atoms with van der Waals surface area (Å²) in [6.45, 7) is 6.04. The highest BCUT2D eigenvalue weighted by atomic mass is 32.2. The molecule has 5 heteroatoms. The maximum absolute atomic E-state index is 11.6. The maximum Gasteiger partial charge on any atom is 0.213 e. The van der Waals surface area contributed by atoms with Gasteiger partial charge in [0.25, 0.3) is 0 Å². The molecule has 0 N–H and O–H groups in total. The van der Waals surface area contributed by atoms with Crippen molar-refractivity contribution in [3.8, 4) is 5.75 Å². The van der Waals surface area contributed by atoms with E-state index in [0.29, 0.717) is 13.2 Å². The van der Waals surface area contributed by atoms with Crippen LogP contribution in [0.15, 0.2) is 36.9 Å². The van der Waals surface area contributed by atoms with E-state index in [1.165, 1.54) is 4.31 Å². The van der Waals surface area contributed by atoms with Gasteiger partial charge in [-0.2, -0.15) is 0 Å². The predicted molar refractivity (Wildman–Crippen MR) is 73.1 cm³/mol. The zero-order chi connectivity index (χ0) is 13.6. The van der Waals surface area contributed by atoms with Crippen LogP contribution >= 0.6 is 0 Å². The summed E-state index contributed by atoms with van der Waals surface area (Å²) in [6.07, 6.45) is 1.68. The monoisotopic (exact) mass is 269 g/mol. The highest BCUT2D eigenvalue weighted by Crippen LogP contribution is 2.14. The Bertz CT molecular complexity index is 479. The molecule has 1 aromatic rings. The molecule has 0 radical (unpaired) electrons. The van der Waals surface area contributed by atoms with Crippen molar-refractivity contribution in [2.75, 3.05) is 19.4 Å². The fourth-order valence-electron chi connectivity index (χ4n) is 1.42. The van der Waals surface area contributed by atoms with Crippen LogP contribution in [0.3, 0.4) is 0 Å². The standard InChI is InChI=1S/C13H19NO3S/c1-4-10-17-13-8-6-12(7-9-13)11-14(3)18(15,16)5-2/h4,6-9H,1,5,10-11H2,2-3H3. The molecule has 1 aromatic carbocycles. The summed E-state index contributed by atoms with van der Waals surface area (Å²) in [6, 6.07) is 7.37. The summed E-state index contributed by atoms with van der Waals surface area (Å²) >= 11 is 0. The van der Waals surface area contributed by atoms with Gasteiger partial charge in [0.15, 0.2) is 0 Å². The number of nitrogens with zero attached hydrogens (tertiary/aromatic N) is 1. The molecular weight excluding hydrogens is 250 g/mol. The second-order valence-electron chi connectivity index (χ2n) is 3.90. The summed E-state index contributed by atoms with van der Waals surface area (Å²) in [5.74, 6) is 0.865. The van der Waals surface area contributed by atoms with Crippen LogP contribution in [0.2, 0.25) is 0 Å². The van der Waals surface area contributed by atoms with Crippen LogP contribution < -0.4 is 4.74 Å². The quantitative estimate of drug-likeness (QED) is 0.712. The summed E-state index contributed by atoms with van der Waals surface area (Å²) in [5, 5.41) is 0. The lowest BCUT2D eigenvalue weighted by Crippen LogP contribution is -2.27. The molecule has 4 nitrogen and oxygen atoms in total. The Morgan fingerprint density at radius 3 is 2.44 bits per heavy atom. The smallest absolute Gasteiger partial charge is 0.213 e. The molecule has 0 aliphatic heterocycles. The van der Waals surface area contributed by atoms with Crippen LogP contribution in [0.5, 0.6) is 5.75 Å². The van der Waals surface area contributed by atoms with Crippen LogP contribution in [0.4, 0.5) is 0 Å². The fraction of sp³-hybridized carbons (Fsp3) is 0.385. The van der Waals surface area contributed by atoms with E-state index in [1.807, 2.05) is 24.3 Å². The van der Waals surface area contributed by atoms with Gasteiger partial charge in [0.2, 0.25) is 10.0 Å². The maximum atomic E-state index is 11.6. The van der Waals surface area contributed by atoms with E-state index in [9.17, 15) is 8.42 Å². The summed E-state index contributed by atoms with van der Waals surface area (Å²) in [5.41, 5.74) is 0.931. The lowest BCUT2D eigenvalue weighted by molar-refractivity contribution is 0.363. The molecule has 0 saturated carbocycles. The minimum atomic E-state index is -3.13. The molecule has 0 aliphatic rings. The van der Waals surface area contributed by atoms with E-state index >= 15 is 0 Å². The first-order valence-electron chi connectivity index (χ1n) is 5.76. The fourth-order valence-corrected chi connectivity index (χ4v) is 2.21. The van der Waals surface area contributed by atoms with Gasteiger partial charge >= 0.3 is 0 Å². The van der Waals surface area contributed by atoms with E-state index in [4.69, 9.17) is 4.74 Å². The van der Waals surface area contributed by atoms with Gasteiger partial charge in [0.05, 0.1) is 5.75 Å². The zero-order valence-corrected chi connectivity index (χ0v) is 11.6. The SMILES string of the molecule is C=CCOc1ccc(CN(C)S(=O)(=O)CC)cc1. The van der Waals surface area contributed by atoms with Gasteiger partial charge < -0.3 is 4.74 Å². The topological polar surface area (TPSA) is 46.6 Å². The normalized spacial score (nSPS) is 11.5. The average Bonchev–Trinajstić information content (AvgIpc) is 2.37. The molecule has 100 valence electrons. The largest absolute Gasteiger partial charge is 0.490 e. The van der Waals surface area contributed by atoms with Crippen molar-refractivity contribution in [2.45, 2.75) is 13.5 Å². The highest BCUT2D eigenvalue weighted by molar-refractivity contribution is 7.89. The number of ether oxygens (including phenoxy) is 1. The molecule has 18 heavy (non-hydrogen) atoms. The van der Waals surface area contributed by atoms with Crippen LogP contribution in [-0.4, -0.2) is 32.1 Å².